The van der Waals surface area contributed by atoms with E-state index in [2.05, 4.69) is 17.2 Å². The molecule has 2 unspecified atom stereocenters. The van der Waals surface area contributed by atoms with Crippen LogP contribution in [0.15, 0.2) is 12.3 Å². The van der Waals surface area contributed by atoms with Gasteiger partial charge in [-0.05, 0) is 24.3 Å². The lowest BCUT2D eigenvalue weighted by Gasteiger charge is -2.15. The fourth-order valence-electron chi connectivity index (χ4n) is 2.40. The summed E-state index contributed by atoms with van der Waals surface area (Å²) in [5.74, 6) is 1.14. The number of carbonyl (C=O) groups excluding carboxylic acids is 1. The lowest BCUT2D eigenvalue weighted by Crippen LogP contribution is -2.30. The first-order valence-corrected chi connectivity index (χ1v) is 6.92. The second kappa shape index (κ2) is 5.89. The molecular weight excluding hydrogens is 271 g/mol. The molecule has 1 saturated carbocycles. The summed E-state index contributed by atoms with van der Waals surface area (Å²) in [4.78, 5) is 15.8. The van der Waals surface area contributed by atoms with Gasteiger partial charge in [0.1, 0.15) is 5.15 Å². The van der Waals surface area contributed by atoms with Gasteiger partial charge in [0.05, 0.1) is 10.6 Å². The molecule has 5 heteroatoms. The van der Waals surface area contributed by atoms with E-state index in [0.29, 0.717) is 22.4 Å². The lowest BCUT2D eigenvalue weighted by molar-refractivity contribution is 0.0944. The second-order valence-corrected chi connectivity index (χ2v) is 5.64. The topological polar surface area (TPSA) is 42.0 Å². The van der Waals surface area contributed by atoms with E-state index in [-0.39, 0.29) is 11.1 Å². The van der Waals surface area contributed by atoms with Crippen LogP contribution in [0.1, 0.15) is 36.5 Å². The molecule has 1 aliphatic carbocycles. The third-order valence-electron chi connectivity index (χ3n) is 3.62. The number of rotatable bonds is 3. The number of amides is 1. The number of hydrogen-bond acceptors (Lipinski definition) is 2. The SMILES string of the molecule is CC1CCCC1CNC(=O)c1cnc(Cl)c(Cl)c1. The maximum atomic E-state index is 11.9. The minimum Gasteiger partial charge on any atom is -0.352 e. The standard InChI is InChI=1S/C13H16Cl2N2O/c1-8-3-2-4-9(8)6-17-13(18)10-5-11(14)12(15)16-7-10/h5,7-9H,2-4,6H2,1H3,(H,17,18). The molecule has 3 nitrogen and oxygen atoms in total. The number of nitrogens with zero attached hydrogens (tertiary/aromatic N) is 1. The summed E-state index contributed by atoms with van der Waals surface area (Å²) in [5.41, 5.74) is 0.454. The Morgan fingerprint density at radius 1 is 1.50 bits per heavy atom. The highest BCUT2D eigenvalue weighted by molar-refractivity contribution is 6.41. The normalized spacial score (nSPS) is 23.1. The molecule has 1 fully saturated rings. The smallest absolute Gasteiger partial charge is 0.252 e. The van der Waals surface area contributed by atoms with Crippen LogP contribution in [0.5, 0.6) is 0 Å². The fourth-order valence-corrected chi connectivity index (χ4v) is 2.67. The number of hydrogen-bond donors (Lipinski definition) is 1. The molecule has 0 aliphatic heterocycles. The Morgan fingerprint density at radius 3 is 2.89 bits per heavy atom. The van der Waals surface area contributed by atoms with E-state index in [1.165, 1.54) is 25.5 Å². The van der Waals surface area contributed by atoms with E-state index >= 15 is 0 Å². The minimum atomic E-state index is -0.139. The predicted octanol–water partition coefficient (Wildman–Crippen LogP) is 3.55. The molecule has 18 heavy (non-hydrogen) atoms. The summed E-state index contributed by atoms with van der Waals surface area (Å²) in [7, 11) is 0. The molecular formula is C13H16Cl2N2O. The minimum absolute atomic E-state index is 0.139. The van der Waals surface area contributed by atoms with E-state index in [4.69, 9.17) is 23.2 Å². The van der Waals surface area contributed by atoms with Crippen molar-refractivity contribution in [1.29, 1.82) is 0 Å². The largest absolute Gasteiger partial charge is 0.352 e. The van der Waals surface area contributed by atoms with Crippen LogP contribution in [0.4, 0.5) is 0 Å². The highest BCUT2D eigenvalue weighted by Crippen LogP contribution is 2.30. The molecule has 1 aromatic heterocycles. The monoisotopic (exact) mass is 286 g/mol. The summed E-state index contributed by atoms with van der Waals surface area (Å²) >= 11 is 11.5. The number of carbonyl (C=O) groups is 1. The van der Waals surface area contributed by atoms with Crippen molar-refractivity contribution in [2.75, 3.05) is 6.54 Å². The van der Waals surface area contributed by atoms with Crippen LogP contribution >= 0.6 is 23.2 Å². The van der Waals surface area contributed by atoms with Gasteiger partial charge in [-0.2, -0.15) is 0 Å². The summed E-state index contributed by atoms with van der Waals surface area (Å²) in [6.45, 7) is 2.96. The van der Waals surface area contributed by atoms with Gasteiger partial charge in [0.25, 0.3) is 5.91 Å². The van der Waals surface area contributed by atoms with Crippen molar-refractivity contribution in [2.45, 2.75) is 26.2 Å². The number of nitrogens with one attached hydrogen (secondary N) is 1. The molecule has 98 valence electrons. The summed E-state index contributed by atoms with van der Waals surface area (Å²) < 4.78 is 0. The molecule has 1 N–H and O–H groups in total. The zero-order valence-corrected chi connectivity index (χ0v) is 11.8. The number of halogens is 2. The average Bonchev–Trinajstić information content (AvgIpc) is 2.75. The molecule has 2 rings (SSSR count). The molecule has 1 aromatic rings. The molecule has 1 amide bonds. The van der Waals surface area contributed by atoms with Crippen LogP contribution in [0.3, 0.4) is 0 Å². The van der Waals surface area contributed by atoms with Crippen molar-refractivity contribution in [3.05, 3.63) is 28.0 Å². The molecule has 0 aromatic carbocycles. The molecule has 0 spiro atoms. The van der Waals surface area contributed by atoms with E-state index in [0.717, 1.165) is 6.54 Å². The van der Waals surface area contributed by atoms with Gasteiger partial charge in [0.2, 0.25) is 0 Å². The molecule has 0 bridgehead atoms. The summed E-state index contributed by atoms with van der Waals surface area (Å²) in [6, 6.07) is 1.55. The maximum absolute atomic E-state index is 11.9. The van der Waals surface area contributed by atoms with Gasteiger partial charge < -0.3 is 5.32 Å². The second-order valence-electron chi connectivity index (χ2n) is 4.87. The summed E-state index contributed by atoms with van der Waals surface area (Å²) in [6.07, 6.45) is 5.16. The van der Waals surface area contributed by atoms with E-state index < -0.39 is 0 Å². The van der Waals surface area contributed by atoms with Gasteiger partial charge in [0, 0.05) is 12.7 Å². The van der Waals surface area contributed by atoms with Crippen molar-refractivity contribution >= 4 is 29.1 Å². The lowest BCUT2D eigenvalue weighted by atomic mass is 9.98. The zero-order valence-electron chi connectivity index (χ0n) is 10.2. The first kappa shape index (κ1) is 13.6. The van der Waals surface area contributed by atoms with E-state index in [1.807, 2.05) is 0 Å². The van der Waals surface area contributed by atoms with Gasteiger partial charge in [-0.25, -0.2) is 4.98 Å². The highest BCUT2D eigenvalue weighted by atomic mass is 35.5. The van der Waals surface area contributed by atoms with Crippen molar-refractivity contribution in [1.82, 2.24) is 10.3 Å². The van der Waals surface area contributed by atoms with Crippen LogP contribution in [0, 0.1) is 11.8 Å². The van der Waals surface area contributed by atoms with Crippen molar-refractivity contribution in [2.24, 2.45) is 11.8 Å². The van der Waals surface area contributed by atoms with Gasteiger partial charge in [-0.1, -0.05) is 43.0 Å². The van der Waals surface area contributed by atoms with E-state index in [9.17, 15) is 4.79 Å². The molecule has 0 saturated heterocycles. The van der Waals surface area contributed by atoms with E-state index in [1.54, 1.807) is 6.07 Å². The zero-order chi connectivity index (χ0) is 13.1. The Bertz CT molecular complexity index is 451. The third-order valence-corrected chi connectivity index (χ3v) is 4.31. The van der Waals surface area contributed by atoms with Gasteiger partial charge in [-0.15, -0.1) is 0 Å². The van der Waals surface area contributed by atoms with Crippen LogP contribution in [-0.4, -0.2) is 17.4 Å². The molecule has 1 aliphatic rings. The third kappa shape index (κ3) is 3.15. The Balaban J connectivity index is 1.93. The Hall–Kier alpha value is -0.800. The highest BCUT2D eigenvalue weighted by Gasteiger charge is 2.23. The fraction of sp³-hybridized carbons (Fsp3) is 0.538. The molecule has 2 atom stereocenters. The van der Waals surface area contributed by atoms with Gasteiger partial charge in [0.15, 0.2) is 0 Å². The Morgan fingerprint density at radius 2 is 2.28 bits per heavy atom. The first-order chi connectivity index (χ1) is 8.58. The number of aromatic nitrogens is 1. The predicted molar refractivity (Wildman–Crippen MR) is 73.1 cm³/mol. The Labute approximate surface area is 117 Å². The first-order valence-electron chi connectivity index (χ1n) is 6.17. The molecule has 1 heterocycles. The molecule has 0 radical (unpaired) electrons. The summed E-state index contributed by atoms with van der Waals surface area (Å²) in [5, 5.41) is 3.46. The quantitative estimate of drug-likeness (QED) is 0.864. The van der Waals surface area contributed by atoms with Gasteiger partial charge >= 0.3 is 0 Å². The number of pyridine rings is 1. The van der Waals surface area contributed by atoms with Crippen molar-refractivity contribution in [3.63, 3.8) is 0 Å². The van der Waals surface area contributed by atoms with Crippen LogP contribution < -0.4 is 5.32 Å². The van der Waals surface area contributed by atoms with Crippen molar-refractivity contribution < 1.29 is 4.79 Å². The average molecular weight is 287 g/mol. The van der Waals surface area contributed by atoms with Crippen LogP contribution in [-0.2, 0) is 0 Å². The maximum Gasteiger partial charge on any atom is 0.252 e. The Kier molecular flexibility index (Phi) is 4.46. The van der Waals surface area contributed by atoms with Crippen molar-refractivity contribution in [3.8, 4) is 0 Å². The van der Waals surface area contributed by atoms with Crippen LogP contribution in [0.2, 0.25) is 10.2 Å². The van der Waals surface area contributed by atoms with Gasteiger partial charge in [-0.3, -0.25) is 4.79 Å². The van der Waals surface area contributed by atoms with Crippen LogP contribution in [0.25, 0.3) is 0 Å².